The van der Waals surface area contributed by atoms with E-state index in [1.54, 1.807) is 34.5 Å². The lowest BCUT2D eigenvalue weighted by atomic mass is 10.3. The second-order valence-electron chi connectivity index (χ2n) is 5.47. The Morgan fingerprint density at radius 3 is 2.80 bits per heavy atom. The van der Waals surface area contributed by atoms with Crippen LogP contribution in [0.1, 0.15) is 18.5 Å². The summed E-state index contributed by atoms with van der Waals surface area (Å²) < 4.78 is 10.6. The normalized spacial score (nSPS) is 14.0. The molecule has 1 saturated heterocycles. The molecule has 25 heavy (non-hydrogen) atoms. The molecule has 0 aliphatic carbocycles. The Bertz CT molecular complexity index is 747. The Labute approximate surface area is 154 Å². The van der Waals surface area contributed by atoms with Gasteiger partial charge >= 0.3 is 5.97 Å². The van der Waals surface area contributed by atoms with E-state index < -0.39 is 0 Å². The summed E-state index contributed by atoms with van der Waals surface area (Å²) in [4.78, 5) is 29.6. The minimum atomic E-state index is -0.371. The van der Waals surface area contributed by atoms with Gasteiger partial charge < -0.3 is 9.47 Å². The van der Waals surface area contributed by atoms with Gasteiger partial charge in [-0.2, -0.15) is 0 Å². The molecule has 1 fully saturated rings. The zero-order valence-electron chi connectivity index (χ0n) is 13.4. The number of ether oxygens (including phenoxy) is 2. The number of anilines is 1. The van der Waals surface area contributed by atoms with Crippen LogP contribution in [0.25, 0.3) is 0 Å². The van der Waals surface area contributed by atoms with Crippen molar-refractivity contribution in [2.75, 3.05) is 24.7 Å². The van der Waals surface area contributed by atoms with Gasteiger partial charge in [-0.1, -0.05) is 11.6 Å². The lowest BCUT2D eigenvalue weighted by Gasteiger charge is -2.10. The molecule has 3 rings (SSSR count). The monoisotopic (exact) mass is 380 g/mol. The van der Waals surface area contributed by atoms with Crippen molar-refractivity contribution in [3.05, 3.63) is 40.4 Å². The van der Waals surface area contributed by atoms with Crippen molar-refractivity contribution in [1.82, 2.24) is 4.98 Å². The van der Waals surface area contributed by atoms with Crippen LogP contribution in [0.15, 0.2) is 29.6 Å². The molecule has 0 unspecified atom stereocenters. The van der Waals surface area contributed by atoms with Gasteiger partial charge in [-0.25, -0.2) is 4.98 Å². The van der Waals surface area contributed by atoms with Crippen LogP contribution in [0.5, 0.6) is 5.75 Å². The summed E-state index contributed by atoms with van der Waals surface area (Å²) in [6, 6.07) is 6.96. The van der Waals surface area contributed by atoms with E-state index in [2.05, 4.69) is 4.98 Å². The SMILES string of the molecule is O=C(Cc1csc(N2CCCC2=O)n1)OCCOc1ccc(Cl)cc1. The largest absolute Gasteiger partial charge is 0.490 e. The predicted molar refractivity (Wildman–Crippen MR) is 95.3 cm³/mol. The topological polar surface area (TPSA) is 68.7 Å². The number of benzene rings is 1. The van der Waals surface area contributed by atoms with E-state index in [9.17, 15) is 9.59 Å². The fraction of sp³-hybridized carbons (Fsp3) is 0.353. The molecule has 6 nitrogen and oxygen atoms in total. The van der Waals surface area contributed by atoms with E-state index in [4.69, 9.17) is 21.1 Å². The zero-order valence-corrected chi connectivity index (χ0v) is 15.0. The van der Waals surface area contributed by atoms with Crippen molar-refractivity contribution < 1.29 is 19.1 Å². The molecule has 0 radical (unpaired) electrons. The summed E-state index contributed by atoms with van der Waals surface area (Å²) in [5.74, 6) is 0.381. The number of thiazole rings is 1. The van der Waals surface area contributed by atoms with Gasteiger partial charge in [-0.3, -0.25) is 14.5 Å². The van der Waals surface area contributed by atoms with E-state index in [0.717, 1.165) is 6.42 Å². The van der Waals surface area contributed by atoms with E-state index in [1.807, 2.05) is 0 Å². The summed E-state index contributed by atoms with van der Waals surface area (Å²) in [5, 5.41) is 3.07. The summed E-state index contributed by atoms with van der Waals surface area (Å²) in [7, 11) is 0. The van der Waals surface area contributed by atoms with E-state index in [0.29, 0.717) is 34.6 Å². The molecule has 1 amide bonds. The van der Waals surface area contributed by atoms with E-state index in [1.165, 1.54) is 11.3 Å². The molecule has 132 valence electrons. The lowest BCUT2D eigenvalue weighted by molar-refractivity contribution is -0.143. The smallest absolute Gasteiger partial charge is 0.312 e. The highest BCUT2D eigenvalue weighted by Crippen LogP contribution is 2.25. The minimum Gasteiger partial charge on any atom is -0.490 e. The third-order valence-electron chi connectivity index (χ3n) is 3.60. The molecular weight excluding hydrogens is 364 g/mol. The highest BCUT2D eigenvalue weighted by molar-refractivity contribution is 7.14. The summed E-state index contributed by atoms with van der Waals surface area (Å²) in [6.07, 6.45) is 1.49. The van der Waals surface area contributed by atoms with Crippen molar-refractivity contribution >= 4 is 39.9 Å². The van der Waals surface area contributed by atoms with Gasteiger partial charge in [0.1, 0.15) is 19.0 Å². The quantitative estimate of drug-likeness (QED) is 0.545. The molecule has 2 aromatic rings. The van der Waals surface area contributed by atoms with Crippen LogP contribution in [0, 0.1) is 0 Å². The maximum atomic E-state index is 11.9. The second-order valence-corrected chi connectivity index (χ2v) is 6.74. The van der Waals surface area contributed by atoms with Crippen molar-refractivity contribution in [2.24, 2.45) is 0 Å². The first-order valence-electron chi connectivity index (χ1n) is 7.90. The molecule has 0 atom stereocenters. The minimum absolute atomic E-state index is 0.0828. The maximum absolute atomic E-state index is 11.9. The van der Waals surface area contributed by atoms with Gasteiger partial charge in [0, 0.05) is 23.4 Å². The highest BCUT2D eigenvalue weighted by atomic mass is 35.5. The number of carbonyl (C=O) groups excluding carboxylic acids is 2. The van der Waals surface area contributed by atoms with Gasteiger partial charge in [-0.15, -0.1) is 11.3 Å². The number of hydrogen-bond donors (Lipinski definition) is 0. The Kier molecular flexibility index (Phi) is 5.88. The summed E-state index contributed by atoms with van der Waals surface area (Å²) in [6.45, 7) is 1.11. The van der Waals surface area contributed by atoms with Crippen molar-refractivity contribution in [1.29, 1.82) is 0 Å². The summed E-state index contributed by atoms with van der Waals surface area (Å²) >= 11 is 7.16. The molecule has 1 aliphatic heterocycles. The van der Waals surface area contributed by atoms with Gasteiger partial charge in [0.15, 0.2) is 5.13 Å². The first kappa shape index (κ1) is 17.7. The number of halogens is 1. The summed E-state index contributed by atoms with van der Waals surface area (Å²) in [5.41, 5.74) is 0.614. The number of hydrogen-bond acceptors (Lipinski definition) is 6. The number of aromatic nitrogens is 1. The number of nitrogens with zero attached hydrogens (tertiary/aromatic N) is 2. The van der Waals surface area contributed by atoms with Crippen LogP contribution < -0.4 is 9.64 Å². The third-order valence-corrected chi connectivity index (χ3v) is 4.76. The van der Waals surface area contributed by atoms with Crippen LogP contribution in [-0.4, -0.2) is 36.6 Å². The molecular formula is C17H17ClN2O4S. The molecule has 0 bridgehead atoms. The average molecular weight is 381 g/mol. The Morgan fingerprint density at radius 1 is 1.28 bits per heavy atom. The number of carbonyl (C=O) groups is 2. The Morgan fingerprint density at radius 2 is 2.08 bits per heavy atom. The van der Waals surface area contributed by atoms with Crippen LogP contribution in [0.4, 0.5) is 5.13 Å². The van der Waals surface area contributed by atoms with Crippen molar-refractivity contribution in [2.45, 2.75) is 19.3 Å². The molecule has 2 heterocycles. The van der Waals surface area contributed by atoms with Crippen LogP contribution in [0.3, 0.4) is 0 Å². The van der Waals surface area contributed by atoms with Crippen LogP contribution in [-0.2, 0) is 20.7 Å². The van der Waals surface area contributed by atoms with Gasteiger partial charge in [-0.05, 0) is 30.7 Å². The van der Waals surface area contributed by atoms with Crippen molar-refractivity contribution in [3.63, 3.8) is 0 Å². The van der Waals surface area contributed by atoms with Gasteiger partial charge in [0.25, 0.3) is 0 Å². The first-order valence-corrected chi connectivity index (χ1v) is 9.16. The van der Waals surface area contributed by atoms with Crippen LogP contribution in [0.2, 0.25) is 5.02 Å². The number of amides is 1. The zero-order chi connectivity index (χ0) is 17.6. The lowest BCUT2D eigenvalue weighted by Crippen LogP contribution is -2.23. The van der Waals surface area contributed by atoms with Gasteiger partial charge in [0.05, 0.1) is 12.1 Å². The molecule has 0 saturated carbocycles. The van der Waals surface area contributed by atoms with E-state index >= 15 is 0 Å². The maximum Gasteiger partial charge on any atom is 0.312 e. The Hall–Kier alpha value is -2.12. The fourth-order valence-corrected chi connectivity index (χ4v) is 3.39. The molecule has 1 aliphatic rings. The first-order chi connectivity index (χ1) is 12.1. The molecule has 0 N–H and O–H groups in total. The van der Waals surface area contributed by atoms with E-state index in [-0.39, 0.29) is 31.5 Å². The highest BCUT2D eigenvalue weighted by Gasteiger charge is 2.24. The third kappa shape index (κ3) is 4.93. The molecule has 8 heteroatoms. The predicted octanol–water partition coefficient (Wildman–Crippen LogP) is 3.09. The Balaban J connectivity index is 1.40. The van der Waals surface area contributed by atoms with Crippen LogP contribution >= 0.6 is 22.9 Å². The van der Waals surface area contributed by atoms with Gasteiger partial charge in [0.2, 0.25) is 5.91 Å². The molecule has 1 aromatic carbocycles. The molecule has 1 aromatic heterocycles. The number of rotatable bonds is 7. The number of esters is 1. The standard InChI is InChI=1S/C17H17ClN2O4S/c18-12-3-5-14(6-4-12)23-8-9-24-16(22)10-13-11-25-17(19-13)20-7-1-2-15(20)21/h3-6,11H,1-2,7-10H2. The average Bonchev–Trinajstić information content (AvgIpc) is 3.22. The van der Waals surface area contributed by atoms with Crippen molar-refractivity contribution in [3.8, 4) is 5.75 Å². The molecule has 0 spiro atoms. The fourth-order valence-electron chi connectivity index (χ4n) is 2.40. The second kappa shape index (κ2) is 8.31.